The Hall–Kier alpha value is -1.36. The van der Waals surface area contributed by atoms with Crippen LogP contribution in [0.1, 0.15) is 52.7 Å². The van der Waals surface area contributed by atoms with Crippen molar-refractivity contribution in [2.24, 2.45) is 0 Å². The number of thiophene rings is 1. The monoisotopic (exact) mass is 266 g/mol. The number of fused-ring (bicyclic) bond motifs is 1. The second-order valence-corrected chi connectivity index (χ2v) is 5.75. The highest BCUT2D eigenvalue weighted by Gasteiger charge is 2.15. The van der Waals surface area contributed by atoms with E-state index in [1.54, 1.807) is 11.3 Å². The van der Waals surface area contributed by atoms with Crippen LogP contribution in [0, 0.1) is 0 Å². The lowest BCUT2D eigenvalue weighted by Crippen LogP contribution is -2.39. The van der Waals surface area contributed by atoms with Crippen LogP contribution in [-0.4, -0.2) is 11.8 Å². The van der Waals surface area contributed by atoms with Crippen molar-refractivity contribution < 1.29 is 9.59 Å². The molecule has 0 saturated heterocycles. The number of hydrazine groups is 1. The molecule has 0 fully saturated rings. The molecule has 1 aliphatic rings. The summed E-state index contributed by atoms with van der Waals surface area (Å²) in [5, 5.41) is 0. The number of carbonyl (C=O) groups excluding carboxylic acids is 2. The molecule has 1 aromatic rings. The van der Waals surface area contributed by atoms with Crippen LogP contribution in [0.15, 0.2) is 6.07 Å². The summed E-state index contributed by atoms with van der Waals surface area (Å²) < 4.78 is 0. The van der Waals surface area contributed by atoms with Crippen LogP contribution in [0.2, 0.25) is 0 Å². The summed E-state index contributed by atoms with van der Waals surface area (Å²) in [7, 11) is 0. The molecule has 5 heteroatoms. The molecule has 0 atom stereocenters. The van der Waals surface area contributed by atoms with Gasteiger partial charge in [-0.2, -0.15) is 0 Å². The number of rotatable bonds is 1. The van der Waals surface area contributed by atoms with Gasteiger partial charge >= 0.3 is 0 Å². The molecule has 0 spiro atoms. The first kappa shape index (κ1) is 13.1. The normalized spacial score (nSPS) is 15.2. The lowest BCUT2D eigenvalue weighted by molar-refractivity contribution is -0.119. The summed E-state index contributed by atoms with van der Waals surface area (Å²) in [5.74, 6) is -0.486. The van der Waals surface area contributed by atoms with Gasteiger partial charge in [0.05, 0.1) is 4.88 Å². The van der Waals surface area contributed by atoms with Crippen LogP contribution in [0.25, 0.3) is 0 Å². The highest BCUT2D eigenvalue weighted by Crippen LogP contribution is 2.28. The van der Waals surface area contributed by atoms with Crippen LogP contribution < -0.4 is 10.9 Å². The van der Waals surface area contributed by atoms with Gasteiger partial charge in [-0.05, 0) is 37.3 Å². The van der Waals surface area contributed by atoms with E-state index in [4.69, 9.17) is 0 Å². The first-order valence-corrected chi connectivity index (χ1v) is 7.17. The standard InChI is InChI=1S/C13H18N2O2S/c1-9(16)14-15-13(17)12-8-10-6-4-2-3-5-7-11(10)18-12/h8H,2-7H2,1H3,(H,14,16)(H,15,17). The minimum absolute atomic E-state index is 0.220. The average molecular weight is 266 g/mol. The number of nitrogens with one attached hydrogen (secondary N) is 2. The van der Waals surface area contributed by atoms with Gasteiger partial charge in [0, 0.05) is 11.8 Å². The van der Waals surface area contributed by atoms with Gasteiger partial charge in [0.25, 0.3) is 5.91 Å². The highest BCUT2D eigenvalue weighted by atomic mass is 32.1. The van der Waals surface area contributed by atoms with E-state index >= 15 is 0 Å². The fourth-order valence-corrected chi connectivity index (χ4v) is 3.31. The molecule has 0 aromatic carbocycles. The minimum atomic E-state index is -0.265. The summed E-state index contributed by atoms with van der Waals surface area (Å²) in [6.45, 7) is 1.37. The van der Waals surface area contributed by atoms with E-state index in [0.29, 0.717) is 4.88 Å². The Morgan fingerprint density at radius 3 is 2.56 bits per heavy atom. The maximum atomic E-state index is 11.8. The van der Waals surface area contributed by atoms with Gasteiger partial charge in [-0.15, -0.1) is 11.3 Å². The van der Waals surface area contributed by atoms with Crippen molar-refractivity contribution >= 4 is 23.2 Å². The third-order valence-electron chi connectivity index (χ3n) is 3.07. The van der Waals surface area contributed by atoms with Gasteiger partial charge in [0.15, 0.2) is 0 Å². The quantitative estimate of drug-likeness (QED) is 0.765. The molecule has 1 aliphatic carbocycles. The Balaban J connectivity index is 2.07. The molecule has 2 amide bonds. The third kappa shape index (κ3) is 3.32. The fraction of sp³-hybridized carbons (Fsp3) is 0.538. The predicted octanol–water partition coefficient (Wildman–Crippen LogP) is 2.19. The van der Waals surface area contributed by atoms with Crippen LogP contribution in [0.3, 0.4) is 0 Å². The summed E-state index contributed by atoms with van der Waals surface area (Å²) >= 11 is 1.55. The maximum Gasteiger partial charge on any atom is 0.279 e. The molecular weight excluding hydrogens is 248 g/mol. The summed E-state index contributed by atoms with van der Waals surface area (Å²) in [6, 6.07) is 1.97. The van der Waals surface area contributed by atoms with Crippen molar-refractivity contribution in [1.29, 1.82) is 0 Å². The van der Waals surface area contributed by atoms with Crippen molar-refractivity contribution in [2.45, 2.75) is 45.4 Å². The van der Waals surface area contributed by atoms with Crippen LogP contribution in [-0.2, 0) is 17.6 Å². The van der Waals surface area contributed by atoms with Crippen molar-refractivity contribution in [3.63, 3.8) is 0 Å². The van der Waals surface area contributed by atoms with E-state index in [0.717, 1.165) is 12.8 Å². The Kier molecular flexibility index (Phi) is 4.36. The molecule has 0 radical (unpaired) electrons. The molecule has 1 aromatic heterocycles. The summed E-state index contributed by atoms with van der Waals surface area (Å²) in [6.07, 6.45) is 7.12. The zero-order valence-corrected chi connectivity index (χ0v) is 11.4. The fourth-order valence-electron chi connectivity index (χ4n) is 2.16. The Morgan fingerprint density at radius 2 is 1.83 bits per heavy atom. The molecule has 2 rings (SSSR count). The van der Waals surface area contributed by atoms with Gasteiger partial charge < -0.3 is 0 Å². The van der Waals surface area contributed by atoms with Gasteiger partial charge in [0.2, 0.25) is 5.91 Å². The minimum Gasteiger partial charge on any atom is -0.274 e. The van der Waals surface area contributed by atoms with E-state index < -0.39 is 0 Å². The Labute approximate surface area is 111 Å². The van der Waals surface area contributed by atoms with Gasteiger partial charge in [-0.25, -0.2) is 0 Å². The second kappa shape index (κ2) is 6.00. The summed E-state index contributed by atoms with van der Waals surface area (Å²) in [4.78, 5) is 24.6. The number of hydrogen-bond donors (Lipinski definition) is 2. The molecule has 2 N–H and O–H groups in total. The van der Waals surface area contributed by atoms with Gasteiger partial charge in [0.1, 0.15) is 0 Å². The van der Waals surface area contributed by atoms with Crippen LogP contribution in [0.5, 0.6) is 0 Å². The molecule has 18 heavy (non-hydrogen) atoms. The van der Waals surface area contributed by atoms with E-state index in [9.17, 15) is 9.59 Å². The van der Waals surface area contributed by atoms with E-state index in [1.165, 1.54) is 43.0 Å². The van der Waals surface area contributed by atoms with Crippen molar-refractivity contribution in [3.8, 4) is 0 Å². The van der Waals surface area contributed by atoms with Crippen LogP contribution in [0.4, 0.5) is 0 Å². The largest absolute Gasteiger partial charge is 0.279 e. The smallest absolute Gasteiger partial charge is 0.274 e. The molecule has 0 saturated carbocycles. The number of amides is 2. The van der Waals surface area contributed by atoms with Gasteiger partial charge in [-0.1, -0.05) is 12.8 Å². The Morgan fingerprint density at radius 1 is 1.11 bits per heavy atom. The second-order valence-electron chi connectivity index (χ2n) is 4.61. The molecule has 0 bridgehead atoms. The first-order chi connectivity index (χ1) is 8.66. The summed E-state index contributed by atoms with van der Waals surface area (Å²) in [5.41, 5.74) is 6.04. The maximum absolute atomic E-state index is 11.8. The third-order valence-corrected chi connectivity index (χ3v) is 4.31. The topological polar surface area (TPSA) is 58.2 Å². The molecule has 0 aliphatic heterocycles. The van der Waals surface area contributed by atoms with Gasteiger partial charge in [-0.3, -0.25) is 20.4 Å². The lowest BCUT2D eigenvalue weighted by atomic mass is 10.00. The van der Waals surface area contributed by atoms with E-state index in [2.05, 4.69) is 10.9 Å². The predicted molar refractivity (Wildman–Crippen MR) is 71.5 cm³/mol. The van der Waals surface area contributed by atoms with Crippen molar-refractivity contribution in [1.82, 2.24) is 10.9 Å². The molecule has 4 nitrogen and oxygen atoms in total. The van der Waals surface area contributed by atoms with Crippen LogP contribution >= 0.6 is 11.3 Å². The molecule has 0 unspecified atom stereocenters. The highest BCUT2D eigenvalue weighted by molar-refractivity contribution is 7.14. The Bertz CT molecular complexity index is 428. The number of carbonyl (C=O) groups is 2. The van der Waals surface area contributed by atoms with E-state index in [-0.39, 0.29) is 11.8 Å². The molecule has 98 valence electrons. The molecule has 1 heterocycles. The number of hydrogen-bond acceptors (Lipinski definition) is 3. The zero-order valence-electron chi connectivity index (χ0n) is 10.5. The van der Waals surface area contributed by atoms with Crippen molar-refractivity contribution in [2.75, 3.05) is 0 Å². The zero-order chi connectivity index (χ0) is 13.0. The number of aryl methyl sites for hydroxylation is 2. The lowest BCUT2D eigenvalue weighted by Gasteiger charge is -2.07. The first-order valence-electron chi connectivity index (χ1n) is 6.35. The average Bonchev–Trinajstić information content (AvgIpc) is 2.68. The van der Waals surface area contributed by atoms with Crippen molar-refractivity contribution in [3.05, 3.63) is 21.4 Å². The van der Waals surface area contributed by atoms with E-state index in [1.807, 2.05) is 6.07 Å². The SMILES string of the molecule is CC(=O)NNC(=O)c1cc2c(s1)CCCCCC2. The molecular formula is C13H18N2O2S.